The number of hydroxylamine groups is 2. The van der Waals surface area contributed by atoms with Crippen molar-refractivity contribution in [2.75, 3.05) is 26.9 Å². The maximum Gasteiger partial charge on any atom is 0.0748 e. The molecule has 0 unspecified atom stereocenters. The van der Waals surface area contributed by atoms with Crippen LogP contribution >= 0.6 is 0 Å². The molecule has 4 nitrogen and oxygen atoms in total. The molecule has 0 aliphatic carbocycles. The van der Waals surface area contributed by atoms with Gasteiger partial charge in [0.1, 0.15) is 0 Å². The SMILES string of the molecule is CCON(CCO)OC. The molecule has 0 aliphatic rings. The van der Waals surface area contributed by atoms with Gasteiger partial charge in [-0.25, -0.2) is 0 Å². The molecule has 0 amide bonds. The molecule has 0 aromatic heterocycles. The molecule has 0 spiro atoms. The number of aliphatic hydroxyl groups is 1. The van der Waals surface area contributed by atoms with E-state index in [9.17, 15) is 0 Å². The summed E-state index contributed by atoms with van der Waals surface area (Å²) in [5.41, 5.74) is 0. The zero-order valence-corrected chi connectivity index (χ0v) is 5.83. The third-order valence-electron chi connectivity index (χ3n) is 0.759. The van der Waals surface area contributed by atoms with Crippen LogP contribution in [0.15, 0.2) is 0 Å². The van der Waals surface area contributed by atoms with Gasteiger partial charge in [-0.05, 0) is 6.92 Å². The molecule has 0 radical (unpaired) electrons. The summed E-state index contributed by atoms with van der Waals surface area (Å²) in [4.78, 5) is 9.56. The van der Waals surface area contributed by atoms with Gasteiger partial charge in [0.2, 0.25) is 0 Å². The minimum Gasteiger partial charge on any atom is -0.395 e. The monoisotopic (exact) mass is 135 g/mol. The van der Waals surface area contributed by atoms with Crippen LogP contribution in [0.25, 0.3) is 0 Å². The molecule has 0 saturated carbocycles. The van der Waals surface area contributed by atoms with Crippen molar-refractivity contribution in [2.24, 2.45) is 0 Å². The van der Waals surface area contributed by atoms with Gasteiger partial charge in [-0.15, -0.1) is 0 Å². The molecule has 56 valence electrons. The summed E-state index contributed by atoms with van der Waals surface area (Å²) in [5.74, 6) is 0. The third-order valence-corrected chi connectivity index (χ3v) is 0.759. The predicted molar refractivity (Wildman–Crippen MR) is 32.4 cm³/mol. The van der Waals surface area contributed by atoms with Gasteiger partial charge >= 0.3 is 0 Å². The molecular formula is C5H13NO3. The molecule has 1 N–H and O–H groups in total. The van der Waals surface area contributed by atoms with E-state index in [1.54, 1.807) is 0 Å². The minimum atomic E-state index is 0.0356. The summed E-state index contributed by atoms with van der Waals surface area (Å²) >= 11 is 0. The maximum absolute atomic E-state index is 8.39. The van der Waals surface area contributed by atoms with Gasteiger partial charge in [-0.3, -0.25) is 9.68 Å². The lowest BCUT2D eigenvalue weighted by atomic mass is 10.7. The van der Waals surface area contributed by atoms with Crippen LogP contribution in [0, 0.1) is 0 Å². The Bertz CT molecular complexity index is 54.2. The van der Waals surface area contributed by atoms with Gasteiger partial charge in [0.15, 0.2) is 0 Å². The third kappa shape index (κ3) is 4.35. The van der Waals surface area contributed by atoms with Crippen molar-refractivity contribution in [2.45, 2.75) is 6.92 Å². The molecule has 0 aromatic carbocycles. The lowest BCUT2D eigenvalue weighted by molar-refractivity contribution is -0.355. The largest absolute Gasteiger partial charge is 0.395 e. The first kappa shape index (κ1) is 8.84. The topological polar surface area (TPSA) is 41.9 Å². The van der Waals surface area contributed by atoms with Crippen LogP contribution in [-0.4, -0.2) is 37.2 Å². The summed E-state index contributed by atoms with van der Waals surface area (Å²) in [6, 6.07) is 0. The Hall–Kier alpha value is -0.160. The summed E-state index contributed by atoms with van der Waals surface area (Å²) in [7, 11) is 1.49. The van der Waals surface area contributed by atoms with Crippen molar-refractivity contribution in [3.8, 4) is 0 Å². The summed E-state index contributed by atoms with van der Waals surface area (Å²) in [5, 5.41) is 9.63. The number of aliphatic hydroxyl groups excluding tert-OH is 1. The minimum absolute atomic E-state index is 0.0356. The molecule has 0 aromatic rings. The van der Waals surface area contributed by atoms with E-state index in [0.717, 1.165) is 0 Å². The number of nitrogens with zero attached hydrogens (tertiary/aromatic N) is 1. The number of rotatable bonds is 5. The van der Waals surface area contributed by atoms with Crippen molar-refractivity contribution < 1.29 is 14.8 Å². The highest BCUT2D eigenvalue weighted by atomic mass is 16.9. The molecule has 0 heterocycles. The normalized spacial score (nSPS) is 10.7. The van der Waals surface area contributed by atoms with E-state index in [-0.39, 0.29) is 6.61 Å². The number of hydrogen-bond acceptors (Lipinski definition) is 4. The quantitative estimate of drug-likeness (QED) is 0.530. The Morgan fingerprint density at radius 1 is 1.56 bits per heavy atom. The summed E-state index contributed by atoms with van der Waals surface area (Å²) < 4.78 is 0. The first-order valence-corrected chi connectivity index (χ1v) is 2.90. The van der Waals surface area contributed by atoms with E-state index < -0.39 is 0 Å². The van der Waals surface area contributed by atoms with Gasteiger partial charge in [-0.2, -0.15) is 0 Å². The number of hydrogen-bond donors (Lipinski definition) is 1. The van der Waals surface area contributed by atoms with E-state index in [4.69, 9.17) is 9.94 Å². The predicted octanol–water partition coefficient (Wildman–Crippen LogP) is -0.206. The van der Waals surface area contributed by atoms with E-state index in [1.165, 1.54) is 12.3 Å². The van der Waals surface area contributed by atoms with Crippen LogP contribution in [0.1, 0.15) is 6.92 Å². The van der Waals surface area contributed by atoms with Crippen LogP contribution in [0.4, 0.5) is 0 Å². The molecule has 0 rings (SSSR count). The Kier molecular flexibility index (Phi) is 5.86. The molecule has 0 bridgehead atoms. The van der Waals surface area contributed by atoms with E-state index in [0.29, 0.717) is 13.2 Å². The first-order valence-electron chi connectivity index (χ1n) is 2.90. The van der Waals surface area contributed by atoms with Crippen molar-refractivity contribution in [1.29, 1.82) is 0 Å². The second-order valence-corrected chi connectivity index (χ2v) is 1.38. The Morgan fingerprint density at radius 3 is 2.56 bits per heavy atom. The van der Waals surface area contributed by atoms with E-state index in [1.807, 2.05) is 6.92 Å². The zero-order valence-electron chi connectivity index (χ0n) is 5.83. The molecular weight excluding hydrogens is 122 g/mol. The van der Waals surface area contributed by atoms with Crippen LogP contribution < -0.4 is 0 Å². The fourth-order valence-corrected chi connectivity index (χ4v) is 0.434. The molecule has 0 atom stereocenters. The van der Waals surface area contributed by atoms with Gasteiger partial charge in [-0.1, -0.05) is 5.23 Å². The average molecular weight is 135 g/mol. The second kappa shape index (κ2) is 5.97. The van der Waals surface area contributed by atoms with Crippen molar-refractivity contribution >= 4 is 0 Å². The first-order chi connectivity index (χ1) is 4.35. The van der Waals surface area contributed by atoms with Gasteiger partial charge in [0.25, 0.3) is 0 Å². The van der Waals surface area contributed by atoms with E-state index in [2.05, 4.69) is 4.84 Å². The molecule has 0 saturated heterocycles. The fourth-order valence-electron chi connectivity index (χ4n) is 0.434. The molecule has 9 heavy (non-hydrogen) atoms. The van der Waals surface area contributed by atoms with Gasteiger partial charge in [0.05, 0.1) is 26.9 Å². The second-order valence-electron chi connectivity index (χ2n) is 1.38. The van der Waals surface area contributed by atoms with E-state index >= 15 is 0 Å². The van der Waals surface area contributed by atoms with Crippen LogP contribution in [0.5, 0.6) is 0 Å². The lowest BCUT2D eigenvalue weighted by Crippen LogP contribution is -2.25. The standard InChI is InChI=1S/C5H13NO3/c1-3-9-6(8-2)4-5-7/h7H,3-5H2,1-2H3. The smallest absolute Gasteiger partial charge is 0.0748 e. The Labute approximate surface area is 54.9 Å². The fraction of sp³-hybridized carbons (Fsp3) is 1.00. The Morgan fingerprint density at radius 2 is 2.22 bits per heavy atom. The average Bonchev–Trinajstić information content (AvgIpc) is 1.88. The summed E-state index contributed by atoms with van der Waals surface area (Å²) in [6.07, 6.45) is 0. The highest BCUT2D eigenvalue weighted by Crippen LogP contribution is 1.87. The molecule has 4 heteroatoms. The van der Waals surface area contributed by atoms with Crippen LogP contribution in [-0.2, 0) is 9.68 Å². The highest BCUT2D eigenvalue weighted by molar-refractivity contribution is 4.25. The zero-order chi connectivity index (χ0) is 7.11. The van der Waals surface area contributed by atoms with Gasteiger partial charge in [0, 0.05) is 0 Å². The van der Waals surface area contributed by atoms with Crippen LogP contribution in [0.2, 0.25) is 0 Å². The van der Waals surface area contributed by atoms with Crippen LogP contribution in [0.3, 0.4) is 0 Å². The summed E-state index contributed by atoms with van der Waals surface area (Å²) in [6.45, 7) is 2.81. The van der Waals surface area contributed by atoms with Gasteiger partial charge < -0.3 is 5.11 Å². The highest BCUT2D eigenvalue weighted by Gasteiger charge is 1.98. The van der Waals surface area contributed by atoms with Crippen molar-refractivity contribution in [1.82, 2.24) is 5.23 Å². The molecule has 0 fully saturated rings. The Balaban J connectivity index is 3.18. The van der Waals surface area contributed by atoms with Crippen molar-refractivity contribution in [3.05, 3.63) is 0 Å². The lowest BCUT2D eigenvalue weighted by Gasteiger charge is -2.15. The maximum atomic E-state index is 8.39. The van der Waals surface area contributed by atoms with Crippen molar-refractivity contribution in [3.63, 3.8) is 0 Å². The molecule has 0 aliphatic heterocycles.